The third-order valence-electron chi connectivity index (χ3n) is 2.64. The molecule has 0 radical (unpaired) electrons. The lowest BCUT2D eigenvalue weighted by molar-refractivity contribution is -0.189. The Morgan fingerprint density at radius 1 is 1.56 bits per heavy atom. The topological polar surface area (TPSA) is 36.3 Å². The van der Waals surface area contributed by atoms with Gasteiger partial charge in [0, 0.05) is 18.9 Å². The van der Waals surface area contributed by atoms with Crippen LogP contribution in [0.15, 0.2) is 18.7 Å². The van der Waals surface area contributed by atoms with E-state index in [0.29, 0.717) is 6.61 Å². The van der Waals surface area contributed by atoms with Crippen molar-refractivity contribution < 1.29 is 9.47 Å². The normalized spacial score (nSPS) is 25.2. The van der Waals surface area contributed by atoms with E-state index in [0.717, 1.165) is 25.8 Å². The lowest BCUT2D eigenvalue weighted by atomic mass is 10.1. The van der Waals surface area contributed by atoms with Crippen molar-refractivity contribution in [2.24, 2.45) is 0 Å². The predicted octanol–water partition coefficient (Wildman–Crippen LogP) is 1.43. The van der Waals surface area contributed by atoms with E-state index in [2.05, 4.69) is 10.9 Å². The van der Waals surface area contributed by atoms with Gasteiger partial charge in [0.05, 0.1) is 12.4 Å². The van der Waals surface area contributed by atoms with Crippen LogP contribution in [0.4, 0.5) is 0 Å². The molecule has 86 valence electrons. The van der Waals surface area contributed by atoms with Gasteiger partial charge in [-0.1, -0.05) is 5.92 Å². The summed E-state index contributed by atoms with van der Waals surface area (Å²) in [5.74, 6) is 2.46. The molecule has 2 heterocycles. The van der Waals surface area contributed by atoms with Gasteiger partial charge in [-0.15, -0.1) is 6.42 Å². The molecule has 0 bridgehead atoms. The van der Waals surface area contributed by atoms with Gasteiger partial charge in [-0.2, -0.15) is 0 Å². The minimum Gasteiger partial charge on any atom is -0.348 e. The van der Waals surface area contributed by atoms with E-state index in [1.54, 1.807) is 12.5 Å². The molecule has 1 fully saturated rings. The first-order chi connectivity index (χ1) is 7.88. The maximum atomic E-state index is 5.80. The lowest BCUT2D eigenvalue weighted by Gasteiger charge is -2.29. The number of terminal acetylenes is 1. The second kappa shape index (κ2) is 5.69. The minimum atomic E-state index is -0.140. The molecule has 1 saturated heterocycles. The fourth-order valence-electron chi connectivity index (χ4n) is 1.89. The van der Waals surface area contributed by atoms with Gasteiger partial charge < -0.3 is 14.0 Å². The molecular formula is C12H16N2O2. The molecule has 1 aromatic heterocycles. The van der Waals surface area contributed by atoms with Crippen LogP contribution in [0, 0.1) is 12.3 Å². The van der Waals surface area contributed by atoms with E-state index in [9.17, 15) is 0 Å². The van der Waals surface area contributed by atoms with E-state index in [1.165, 1.54) is 0 Å². The van der Waals surface area contributed by atoms with Crippen molar-refractivity contribution in [3.8, 4) is 12.3 Å². The number of aromatic nitrogens is 2. The van der Waals surface area contributed by atoms with E-state index < -0.39 is 0 Å². The Morgan fingerprint density at radius 2 is 2.50 bits per heavy atom. The van der Waals surface area contributed by atoms with E-state index >= 15 is 0 Å². The minimum absolute atomic E-state index is 0.140. The molecule has 0 aliphatic carbocycles. The average molecular weight is 220 g/mol. The number of rotatable bonds is 4. The molecule has 0 saturated carbocycles. The summed E-state index contributed by atoms with van der Waals surface area (Å²) in [6.45, 7) is 1.15. The first-order valence-corrected chi connectivity index (χ1v) is 5.55. The van der Waals surface area contributed by atoms with Gasteiger partial charge >= 0.3 is 0 Å². The van der Waals surface area contributed by atoms with E-state index in [-0.39, 0.29) is 12.4 Å². The van der Waals surface area contributed by atoms with Crippen LogP contribution in [0.5, 0.6) is 0 Å². The van der Waals surface area contributed by atoms with Crippen LogP contribution in [-0.4, -0.2) is 28.6 Å². The summed E-state index contributed by atoms with van der Waals surface area (Å²) >= 11 is 0. The van der Waals surface area contributed by atoms with E-state index in [1.807, 2.05) is 10.8 Å². The van der Waals surface area contributed by atoms with Gasteiger partial charge in [0.15, 0.2) is 6.29 Å². The second-order valence-corrected chi connectivity index (χ2v) is 3.89. The van der Waals surface area contributed by atoms with Crippen LogP contribution in [-0.2, 0) is 16.0 Å². The standard InChI is InChI=1S/C12H16N2O2/c1-2-8-15-12-5-3-4-11(16-12)9-14-7-6-13-10-14/h1,6-7,10-12H,3-5,8-9H2. The van der Waals surface area contributed by atoms with Crippen LogP contribution in [0.3, 0.4) is 0 Å². The zero-order chi connectivity index (χ0) is 11.2. The molecule has 4 nitrogen and oxygen atoms in total. The summed E-state index contributed by atoms with van der Waals surface area (Å²) in [5.41, 5.74) is 0. The fraction of sp³-hybridized carbons (Fsp3) is 0.583. The molecular weight excluding hydrogens is 204 g/mol. The summed E-state index contributed by atoms with van der Waals surface area (Å²) in [7, 11) is 0. The summed E-state index contributed by atoms with van der Waals surface area (Å²) in [6, 6.07) is 0. The molecule has 1 aliphatic rings. The van der Waals surface area contributed by atoms with Crippen molar-refractivity contribution in [1.82, 2.24) is 9.55 Å². The van der Waals surface area contributed by atoms with Gasteiger partial charge in [-0.05, 0) is 19.3 Å². The number of hydrogen-bond acceptors (Lipinski definition) is 3. The average Bonchev–Trinajstić information content (AvgIpc) is 2.80. The second-order valence-electron chi connectivity index (χ2n) is 3.89. The molecule has 2 rings (SSSR count). The number of imidazole rings is 1. The predicted molar refractivity (Wildman–Crippen MR) is 59.5 cm³/mol. The highest BCUT2D eigenvalue weighted by Crippen LogP contribution is 2.20. The third kappa shape index (κ3) is 3.09. The molecule has 16 heavy (non-hydrogen) atoms. The van der Waals surface area contributed by atoms with E-state index in [4.69, 9.17) is 15.9 Å². The molecule has 0 amide bonds. The largest absolute Gasteiger partial charge is 0.348 e. The Labute approximate surface area is 95.6 Å². The zero-order valence-corrected chi connectivity index (χ0v) is 9.21. The molecule has 0 N–H and O–H groups in total. The Hall–Kier alpha value is -1.31. The Kier molecular flexibility index (Phi) is 3.97. The maximum absolute atomic E-state index is 5.80. The number of nitrogens with zero attached hydrogens (tertiary/aromatic N) is 2. The van der Waals surface area contributed by atoms with Crippen molar-refractivity contribution in [3.63, 3.8) is 0 Å². The molecule has 1 aromatic rings. The van der Waals surface area contributed by atoms with Gasteiger partial charge in [0.1, 0.15) is 6.61 Å². The summed E-state index contributed by atoms with van der Waals surface area (Å²) < 4.78 is 13.2. The zero-order valence-electron chi connectivity index (χ0n) is 9.21. The monoisotopic (exact) mass is 220 g/mol. The quantitative estimate of drug-likeness (QED) is 0.720. The summed E-state index contributed by atoms with van der Waals surface area (Å²) in [4.78, 5) is 4.01. The van der Waals surface area contributed by atoms with Crippen molar-refractivity contribution >= 4 is 0 Å². The Bertz CT molecular complexity index is 342. The molecule has 0 aromatic carbocycles. The molecule has 0 spiro atoms. The van der Waals surface area contributed by atoms with Gasteiger partial charge in [-0.3, -0.25) is 0 Å². The highest BCUT2D eigenvalue weighted by atomic mass is 16.7. The van der Waals surface area contributed by atoms with Crippen molar-refractivity contribution in [1.29, 1.82) is 0 Å². The molecule has 2 unspecified atom stereocenters. The number of ether oxygens (including phenoxy) is 2. The molecule has 4 heteroatoms. The Balaban J connectivity index is 1.80. The van der Waals surface area contributed by atoms with Crippen molar-refractivity contribution in [2.75, 3.05) is 6.61 Å². The van der Waals surface area contributed by atoms with Gasteiger partial charge in [0.2, 0.25) is 0 Å². The number of hydrogen-bond donors (Lipinski definition) is 0. The highest BCUT2D eigenvalue weighted by Gasteiger charge is 2.22. The van der Waals surface area contributed by atoms with Crippen LogP contribution in [0.1, 0.15) is 19.3 Å². The van der Waals surface area contributed by atoms with Crippen LogP contribution >= 0.6 is 0 Å². The first-order valence-electron chi connectivity index (χ1n) is 5.55. The van der Waals surface area contributed by atoms with Crippen molar-refractivity contribution in [2.45, 2.75) is 38.2 Å². The third-order valence-corrected chi connectivity index (χ3v) is 2.64. The lowest BCUT2D eigenvalue weighted by Crippen LogP contribution is -2.32. The Morgan fingerprint density at radius 3 is 3.25 bits per heavy atom. The van der Waals surface area contributed by atoms with Gasteiger partial charge in [0.25, 0.3) is 0 Å². The van der Waals surface area contributed by atoms with Crippen LogP contribution in [0.25, 0.3) is 0 Å². The van der Waals surface area contributed by atoms with Crippen molar-refractivity contribution in [3.05, 3.63) is 18.7 Å². The maximum Gasteiger partial charge on any atom is 0.159 e. The smallest absolute Gasteiger partial charge is 0.159 e. The molecule has 1 aliphatic heterocycles. The summed E-state index contributed by atoms with van der Waals surface area (Å²) in [6.07, 6.45) is 13.8. The SMILES string of the molecule is C#CCOC1CCCC(Cn2ccnc2)O1. The van der Waals surface area contributed by atoms with Crippen LogP contribution < -0.4 is 0 Å². The first kappa shape index (κ1) is 11.2. The van der Waals surface area contributed by atoms with Crippen LogP contribution in [0.2, 0.25) is 0 Å². The van der Waals surface area contributed by atoms with Gasteiger partial charge in [-0.25, -0.2) is 4.98 Å². The summed E-state index contributed by atoms with van der Waals surface area (Å²) in [5, 5.41) is 0. The highest BCUT2D eigenvalue weighted by molar-refractivity contribution is 4.83. The molecule has 2 atom stereocenters. The fourth-order valence-corrected chi connectivity index (χ4v) is 1.89.